The molecule has 2 unspecified atom stereocenters. The Bertz CT molecular complexity index is 582. The Morgan fingerprint density at radius 1 is 1.07 bits per heavy atom. The minimum atomic E-state index is -4.31. The van der Waals surface area contributed by atoms with Crippen LogP contribution in [0, 0.1) is 5.92 Å². The maximum absolute atomic E-state index is 12.6. The van der Waals surface area contributed by atoms with E-state index in [0.29, 0.717) is 26.2 Å². The molecule has 0 aliphatic carbocycles. The van der Waals surface area contributed by atoms with E-state index in [0.717, 1.165) is 30.7 Å². The van der Waals surface area contributed by atoms with Crippen LogP contribution in [0.4, 0.5) is 13.2 Å². The zero-order chi connectivity index (χ0) is 18.6. The van der Waals surface area contributed by atoms with Gasteiger partial charge in [0.1, 0.15) is 0 Å². The minimum Gasteiger partial charge on any atom is -0.341 e. The summed E-state index contributed by atoms with van der Waals surface area (Å²) in [4.78, 5) is 16.4. The summed E-state index contributed by atoms with van der Waals surface area (Å²) in [6, 6.07) is 5.10. The number of halogens is 5. The number of rotatable bonds is 4. The van der Waals surface area contributed by atoms with Crippen molar-refractivity contribution >= 4 is 30.7 Å². The lowest BCUT2D eigenvalue weighted by Crippen LogP contribution is -2.43. The van der Waals surface area contributed by atoms with Gasteiger partial charge in [0.05, 0.1) is 11.5 Å². The van der Waals surface area contributed by atoms with E-state index in [9.17, 15) is 18.0 Å². The van der Waals surface area contributed by atoms with Gasteiger partial charge in [-0.1, -0.05) is 19.1 Å². The van der Waals surface area contributed by atoms with E-state index in [4.69, 9.17) is 5.73 Å². The lowest BCUT2D eigenvalue weighted by molar-refractivity contribution is -0.137. The first kappa shape index (κ1) is 26.0. The normalized spacial score (nSPS) is 17.9. The number of hydrogen-bond donors (Lipinski definition) is 1. The quantitative estimate of drug-likeness (QED) is 0.795. The third kappa shape index (κ3) is 7.49. The third-order valence-electron chi connectivity index (χ3n) is 4.77. The van der Waals surface area contributed by atoms with Crippen molar-refractivity contribution in [2.45, 2.75) is 39.0 Å². The molecular weight excluding hydrogens is 402 g/mol. The number of carbonyl (C=O) groups excluding carboxylic acids is 1. The highest BCUT2D eigenvalue weighted by Crippen LogP contribution is 2.29. The molecule has 1 heterocycles. The lowest BCUT2D eigenvalue weighted by atomic mass is 10.0. The molecule has 2 rings (SSSR count). The zero-order valence-corrected chi connectivity index (χ0v) is 17.2. The van der Waals surface area contributed by atoms with Crippen LogP contribution in [0.25, 0.3) is 0 Å². The number of carbonyl (C=O) groups is 1. The maximum Gasteiger partial charge on any atom is 0.416 e. The smallest absolute Gasteiger partial charge is 0.341 e. The molecule has 1 aliphatic rings. The van der Waals surface area contributed by atoms with Crippen LogP contribution in [-0.2, 0) is 17.5 Å². The van der Waals surface area contributed by atoms with E-state index in [1.165, 1.54) is 12.1 Å². The predicted molar refractivity (Wildman–Crippen MR) is 105 cm³/mol. The Balaban J connectivity index is 0.00000338. The topological polar surface area (TPSA) is 49.6 Å². The molecule has 0 spiro atoms. The standard InChI is InChI=1S/C18H26F3N3O.2ClH/c1-13(14(2)22)17(25)24-9-3-8-23(10-11-24)12-15-4-6-16(7-5-15)18(19,20)21;;/h4-7,13-14H,3,8-12,22H2,1-2H3;2*1H. The maximum atomic E-state index is 12.6. The lowest BCUT2D eigenvalue weighted by Gasteiger charge is -2.26. The molecule has 0 bridgehead atoms. The second kappa shape index (κ2) is 11.1. The molecule has 9 heteroatoms. The van der Waals surface area contributed by atoms with Gasteiger partial charge in [-0.25, -0.2) is 0 Å². The molecule has 2 atom stereocenters. The molecule has 1 aromatic carbocycles. The summed E-state index contributed by atoms with van der Waals surface area (Å²) in [6.45, 7) is 7.10. The highest BCUT2D eigenvalue weighted by Gasteiger charge is 2.30. The fourth-order valence-corrected chi connectivity index (χ4v) is 2.92. The van der Waals surface area contributed by atoms with Gasteiger partial charge in [-0.3, -0.25) is 9.69 Å². The van der Waals surface area contributed by atoms with E-state index in [-0.39, 0.29) is 42.7 Å². The molecule has 0 aromatic heterocycles. The predicted octanol–water partition coefficient (Wildman–Crippen LogP) is 3.57. The van der Waals surface area contributed by atoms with E-state index in [1.54, 1.807) is 0 Å². The first-order valence-electron chi connectivity index (χ1n) is 8.61. The molecule has 4 nitrogen and oxygen atoms in total. The van der Waals surface area contributed by atoms with Gasteiger partial charge in [-0.05, 0) is 31.0 Å². The van der Waals surface area contributed by atoms with Gasteiger partial charge in [0.25, 0.3) is 0 Å². The van der Waals surface area contributed by atoms with Crippen LogP contribution in [0.2, 0.25) is 0 Å². The van der Waals surface area contributed by atoms with Crippen LogP contribution in [0.15, 0.2) is 24.3 Å². The number of nitrogens with zero attached hydrogens (tertiary/aromatic N) is 2. The highest BCUT2D eigenvalue weighted by molar-refractivity contribution is 5.85. The summed E-state index contributed by atoms with van der Waals surface area (Å²) >= 11 is 0. The summed E-state index contributed by atoms with van der Waals surface area (Å²) in [5.41, 5.74) is 6.03. The molecule has 156 valence electrons. The Kier molecular flexibility index (Phi) is 10.7. The number of benzene rings is 1. The van der Waals surface area contributed by atoms with Crippen molar-refractivity contribution < 1.29 is 18.0 Å². The van der Waals surface area contributed by atoms with Crippen molar-refractivity contribution in [3.8, 4) is 0 Å². The number of nitrogens with two attached hydrogens (primary N) is 1. The molecule has 1 aliphatic heterocycles. The molecule has 27 heavy (non-hydrogen) atoms. The van der Waals surface area contributed by atoms with Crippen molar-refractivity contribution in [1.29, 1.82) is 0 Å². The molecular formula is C18H28Cl2F3N3O. The number of hydrogen-bond acceptors (Lipinski definition) is 3. The zero-order valence-electron chi connectivity index (χ0n) is 15.5. The van der Waals surface area contributed by atoms with Gasteiger partial charge in [0.15, 0.2) is 0 Å². The van der Waals surface area contributed by atoms with Crippen molar-refractivity contribution in [3.05, 3.63) is 35.4 Å². The van der Waals surface area contributed by atoms with Crippen LogP contribution in [0.3, 0.4) is 0 Å². The summed E-state index contributed by atoms with van der Waals surface area (Å²) in [5, 5.41) is 0. The van der Waals surface area contributed by atoms with Gasteiger partial charge in [0, 0.05) is 38.8 Å². The van der Waals surface area contributed by atoms with E-state index in [1.807, 2.05) is 18.7 Å². The highest BCUT2D eigenvalue weighted by atomic mass is 35.5. The molecule has 0 saturated carbocycles. The first-order valence-corrected chi connectivity index (χ1v) is 8.61. The molecule has 1 aromatic rings. The Labute approximate surface area is 171 Å². The Morgan fingerprint density at radius 2 is 1.67 bits per heavy atom. The minimum absolute atomic E-state index is 0. The van der Waals surface area contributed by atoms with Crippen molar-refractivity contribution in [2.24, 2.45) is 11.7 Å². The fourth-order valence-electron chi connectivity index (χ4n) is 2.92. The molecule has 2 N–H and O–H groups in total. The third-order valence-corrected chi connectivity index (χ3v) is 4.77. The van der Waals surface area contributed by atoms with Crippen LogP contribution in [-0.4, -0.2) is 47.9 Å². The summed E-state index contributed by atoms with van der Waals surface area (Å²) in [6.07, 6.45) is -3.46. The number of amides is 1. The molecule has 0 radical (unpaired) electrons. The SMILES string of the molecule is CC(N)C(C)C(=O)N1CCCN(Cc2ccc(C(F)(F)F)cc2)CC1.Cl.Cl. The second-order valence-corrected chi connectivity index (χ2v) is 6.80. The van der Waals surface area contributed by atoms with Crippen LogP contribution in [0.5, 0.6) is 0 Å². The Morgan fingerprint density at radius 3 is 2.19 bits per heavy atom. The van der Waals surface area contributed by atoms with Crippen molar-refractivity contribution in [3.63, 3.8) is 0 Å². The van der Waals surface area contributed by atoms with Gasteiger partial charge in [-0.15, -0.1) is 24.8 Å². The van der Waals surface area contributed by atoms with E-state index in [2.05, 4.69) is 4.90 Å². The average molecular weight is 430 g/mol. The van der Waals surface area contributed by atoms with Crippen LogP contribution < -0.4 is 5.73 Å². The fraction of sp³-hybridized carbons (Fsp3) is 0.611. The van der Waals surface area contributed by atoms with Gasteiger partial charge in [-0.2, -0.15) is 13.2 Å². The summed E-state index contributed by atoms with van der Waals surface area (Å²) < 4.78 is 37.8. The van der Waals surface area contributed by atoms with Crippen LogP contribution >= 0.6 is 24.8 Å². The molecule has 1 amide bonds. The van der Waals surface area contributed by atoms with E-state index < -0.39 is 11.7 Å². The summed E-state index contributed by atoms with van der Waals surface area (Å²) in [7, 11) is 0. The first-order chi connectivity index (χ1) is 11.7. The largest absolute Gasteiger partial charge is 0.416 e. The summed E-state index contributed by atoms with van der Waals surface area (Å²) in [5.74, 6) is -0.132. The van der Waals surface area contributed by atoms with Crippen molar-refractivity contribution in [2.75, 3.05) is 26.2 Å². The second-order valence-electron chi connectivity index (χ2n) is 6.80. The molecule has 1 saturated heterocycles. The Hall–Kier alpha value is -1.02. The van der Waals surface area contributed by atoms with Gasteiger partial charge >= 0.3 is 6.18 Å². The monoisotopic (exact) mass is 429 g/mol. The van der Waals surface area contributed by atoms with E-state index >= 15 is 0 Å². The van der Waals surface area contributed by atoms with Gasteiger partial charge < -0.3 is 10.6 Å². The van der Waals surface area contributed by atoms with Gasteiger partial charge in [0.2, 0.25) is 5.91 Å². The van der Waals surface area contributed by atoms with Crippen LogP contribution in [0.1, 0.15) is 31.4 Å². The number of alkyl halides is 3. The molecule has 1 fully saturated rings. The average Bonchev–Trinajstić information content (AvgIpc) is 2.78. The van der Waals surface area contributed by atoms with Crippen molar-refractivity contribution in [1.82, 2.24) is 9.80 Å².